The van der Waals surface area contributed by atoms with E-state index < -0.39 is 0 Å². The fraction of sp³-hybridized carbons (Fsp3) is 0.333. The molecule has 1 unspecified atom stereocenters. The van der Waals surface area contributed by atoms with E-state index in [1.165, 1.54) is 12.1 Å². The summed E-state index contributed by atoms with van der Waals surface area (Å²) < 4.78 is 12.9. The van der Waals surface area contributed by atoms with Gasteiger partial charge in [0, 0.05) is 13.1 Å². The number of nitrogens with one attached hydrogen (secondary N) is 1. The van der Waals surface area contributed by atoms with Crippen molar-refractivity contribution in [2.45, 2.75) is 25.9 Å². The molecule has 0 aliphatic carbocycles. The number of rotatable bonds is 6. The minimum Gasteiger partial charge on any atom is -0.342 e. The van der Waals surface area contributed by atoms with Gasteiger partial charge >= 0.3 is 0 Å². The molecule has 2 amide bonds. The molecule has 2 aromatic carbocycles. The molecule has 142 valence electrons. The first-order chi connectivity index (χ1) is 13.1. The number of halogens is 1. The predicted molar refractivity (Wildman–Crippen MR) is 98.8 cm³/mol. The van der Waals surface area contributed by atoms with Gasteiger partial charge < -0.3 is 4.90 Å². The number of carbonyl (C=O) groups is 2. The van der Waals surface area contributed by atoms with Crippen molar-refractivity contribution >= 4 is 11.8 Å². The van der Waals surface area contributed by atoms with Crippen LogP contribution >= 0.6 is 0 Å². The second-order valence-electron chi connectivity index (χ2n) is 6.72. The van der Waals surface area contributed by atoms with E-state index in [9.17, 15) is 14.0 Å². The van der Waals surface area contributed by atoms with E-state index in [0.717, 1.165) is 24.0 Å². The summed E-state index contributed by atoms with van der Waals surface area (Å²) in [5.41, 5.74) is 4.19. The lowest BCUT2D eigenvalue weighted by Crippen LogP contribution is -2.45. The first-order valence-electron chi connectivity index (χ1n) is 9.09. The van der Waals surface area contributed by atoms with Gasteiger partial charge in [-0.2, -0.15) is 0 Å². The number of amides is 2. The van der Waals surface area contributed by atoms with Gasteiger partial charge in [-0.15, -0.1) is 0 Å². The third-order valence-corrected chi connectivity index (χ3v) is 4.67. The SMILES string of the molecule is O=C(NOCc1ccc(F)cc1)C1CCCN(C(=O)Cc2ccccc2)C1. The molecule has 1 N–H and O–H groups in total. The highest BCUT2D eigenvalue weighted by atomic mass is 19.1. The molecule has 27 heavy (non-hydrogen) atoms. The number of piperidine rings is 1. The van der Waals surface area contributed by atoms with Crippen LogP contribution in [-0.4, -0.2) is 29.8 Å². The number of hydroxylamine groups is 1. The van der Waals surface area contributed by atoms with E-state index in [4.69, 9.17) is 4.84 Å². The Hall–Kier alpha value is -2.73. The van der Waals surface area contributed by atoms with Crippen LogP contribution in [0.3, 0.4) is 0 Å². The van der Waals surface area contributed by atoms with Crippen LogP contribution in [0.25, 0.3) is 0 Å². The molecule has 1 atom stereocenters. The standard InChI is InChI=1S/C21H23FN2O3/c22-19-10-8-17(9-11-19)15-27-23-21(26)18-7-4-12-24(14-18)20(25)13-16-5-2-1-3-6-16/h1-3,5-6,8-11,18H,4,7,12-15H2,(H,23,26). The second kappa shape index (κ2) is 9.28. The Kier molecular flexibility index (Phi) is 6.54. The number of hydrogen-bond acceptors (Lipinski definition) is 3. The van der Waals surface area contributed by atoms with Crippen molar-refractivity contribution in [2.24, 2.45) is 5.92 Å². The molecular weight excluding hydrogens is 347 g/mol. The minimum atomic E-state index is -0.315. The summed E-state index contributed by atoms with van der Waals surface area (Å²) in [6, 6.07) is 15.5. The molecule has 5 nitrogen and oxygen atoms in total. The highest BCUT2D eigenvalue weighted by Gasteiger charge is 2.28. The maximum Gasteiger partial charge on any atom is 0.248 e. The van der Waals surface area contributed by atoms with Crippen LogP contribution in [0.4, 0.5) is 4.39 Å². The number of hydrogen-bond donors (Lipinski definition) is 1. The molecule has 0 aromatic heterocycles. The van der Waals surface area contributed by atoms with E-state index in [0.29, 0.717) is 19.5 Å². The molecular formula is C21H23FN2O3. The average Bonchev–Trinajstić information content (AvgIpc) is 2.70. The first-order valence-corrected chi connectivity index (χ1v) is 9.09. The normalized spacial score (nSPS) is 16.8. The summed E-state index contributed by atoms with van der Waals surface area (Å²) in [5, 5.41) is 0. The van der Waals surface area contributed by atoms with Crippen LogP contribution in [0.5, 0.6) is 0 Å². The number of likely N-dealkylation sites (tertiary alicyclic amines) is 1. The fourth-order valence-electron chi connectivity index (χ4n) is 3.15. The smallest absolute Gasteiger partial charge is 0.248 e. The Bertz CT molecular complexity index is 765. The zero-order chi connectivity index (χ0) is 19.1. The number of carbonyl (C=O) groups excluding carboxylic acids is 2. The molecule has 1 fully saturated rings. The van der Waals surface area contributed by atoms with Crippen molar-refractivity contribution in [3.8, 4) is 0 Å². The molecule has 1 aliphatic heterocycles. The van der Waals surface area contributed by atoms with Crippen molar-refractivity contribution in [2.75, 3.05) is 13.1 Å². The van der Waals surface area contributed by atoms with Gasteiger partial charge in [-0.05, 0) is 36.1 Å². The van der Waals surface area contributed by atoms with Gasteiger partial charge in [-0.1, -0.05) is 42.5 Å². The molecule has 6 heteroatoms. The van der Waals surface area contributed by atoms with Gasteiger partial charge in [-0.3, -0.25) is 14.4 Å². The Morgan fingerprint density at radius 2 is 1.81 bits per heavy atom. The molecule has 0 radical (unpaired) electrons. The number of nitrogens with zero attached hydrogens (tertiary/aromatic N) is 1. The molecule has 1 heterocycles. The molecule has 0 spiro atoms. The second-order valence-corrected chi connectivity index (χ2v) is 6.72. The molecule has 0 saturated carbocycles. The lowest BCUT2D eigenvalue weighted by Gasteiger charge is -2.32. The monoisotopic (exact) mass is 370 g/mol. The Balaban J connectivity index is 1.46. The van der Waals surface area contributed by atoms with Gasteiger partial charge in [0.1, 0.15) is 5.82 Å². The van der Waals surface area contributed by atoms with Crippen LogP contribution < -0.4 is 5.48 Å². The zero-order valence-electron chi connectivity index (χ0n) is 15.1. The third-order valence-electron chi connectivity index (χ3n) is 4.67. The van der Waals surface area contributed by atoms with Crippen LogP contribution in [0.2, 0.25) is 0 Å². The summed E-state index contributed by atoms with van der Waals surface area (Å²) in [4.78, 5) is 31.8. The van der Waals surface area contributed by atoms with E-state index in [1.54, 1.807) is 17.0 Å². The Morgan fingerprint density at radius 3 is 2.56 bits per heavy atom. The topological polar surface area (TPSA) is 58.6 Å². The Labute approximate surface area is 158 Å². The lowest BCUT2D eigenvalue weighted by atomic mass is 9.97. The summed E-state index contributed by atoms with van der Waals surface area (Å²) in [6.45, 7) is 1.23. The van der Waals surface area contributed by atoms with Crippen molar-refractivity contribution in [1.82, 2.24) is 10.4 Å². The fourth-order valence-corrected chi connectivity index (χ4v) is 3.15. The van der Waals surface area contributed by atoms with Gasteiger partial charge in [0.25, 0.3) is 0 Å². The first kappa shape index (κ1) is 19.0. The highest BCUT2D eigenvalue weighted by molar-refractivity contribution is 5.81. The van der Waals surface area contributed by atoms with E-state index in [-0.39, 0.29) is 30.2 Å². The van der Waals surface area contributed by atoms with Gasteiger partial charge in [0.2, 0.25) is 11.8 Å². The molecule has 0 bridgehead atoms. The van der Waals surface area contributed by atoms with E-state index in [2.05, 4.69) is 5.48 Å². The van der Waals surface area contributed by atoms with Crippen LogP contribution in [0, 0.1) is 11.7 Å². The summed E-state index contributed by atoms with van der Waals surface area (Å²) in [6.07, 6.45) is 1.85. The minimum absolute atomic E-state index is 0.0333. The van der Waals surface area contributed by atoms with Crippen molar-refractivity contribution in [1.29, 1.82) is 0 Å². The molecule has 3 rings (SSSR count). The average molecular weight is 370 g/mol. The summed E-state index contributed by atoms with van der Waals surface area (Å²) in [7, 11) is 0. The molecule has 1 saturated heterocycles. The molecule has 1 aliphatic rings. The third kappa shape index (κ3) is 5.62. The van der Waals surface area contributed by atoms with Crippen molar-refractivity contribution in [3.63, 3.8) is 0 Å². The highest BCUT2D eigenvalue weighted by Crippen LogP contribution is 2.18. The van der Waals surface area contributed by atoms with Crippen molar-refractivity contribution < 1.29 is 18.8 Å². The maximum absolute atomic E-state index is 12.9. The van der Waals surface area contributed by atoms with E-state index in [1.807, 2.05) is 30.3 Å². The van der Waals surface area contributed by atoms with E-state index >= 15 is 0 Å². The largest absolute Gasteiger partial charge is 0.342 e. The van der Waals surface area contributed by atoms with Crippen LogP contribution in [-0.2, 0) is 27.5 Å². The quantitative estimate of drug-likeness (QED) is 0.796. The van der Waals surface area contributed by atoms with Gasteiger partial charge in [-0.25, -0.2) is 9.87 Å². The molecule has 2 aromatic rings. The zero-order valence-corrected chi connectivity index (χ0v) is 15.1. The summed E-state index contributed by atoms with van der Waals surface area (Å²) in [5.74, 6) is -0.794. The van der Waals surface area contributed by atoms with Crippen LogP contribution in [0.15, 0.2) is 54.6 Å². The lowest BCUT2D eigenvalue weighted by molar-refractivity contribution is -0.143. The van der Waals surface area contributed by atoms with Crippen molar-refractivity contribution in [3.05, 3.63) is 71.5 Å². The summed E-state index contributed by atoms with van der Waals surface area (Å²) >= 11 is 0. The van der Waals surface area contributed by atoms with Gasteiger partial charge in [0.15, 0.2) is 0 Å². The Morgan fingerprint density at radius 1 is 1.07 bits per heavy atom. The maximum atomic E-state index is 12.9. The van der Waals surface area contributed by atoms with Crippen LogP contribution in [0.1, 0.15) is 24.0 Å². The predicted octanol–water partition coefficient (Wildman–Crippen LogP) is 2.85. The number of benzene rings is 2. The van der Waals surface area contributed by atoms with Gasteiger partial charge in [0.05, 0.1) is 18.9 Å².